The molecule has 0 saturated carbocycles. The number of benzene rings is 3. The maximum absolute atomic E-state index is 13.8. The average Bonchev–Trinajstić information content (AvgIpc) is 2.98. The van der Waals surface area contributed by atoms with Crippen molar-refractivity contribution in [2.24, 2.45) is 0 Å². The molecule has 0 radical (unpaired) electrons. The lowest BCUT2D eigenvalue weighted by Gasteiger charge is -2.26. The van der Waals surface area contributed by atoms with Crippen LogP contribution in [0.5, 0.6) is 0 Å². The predicted molar refractivity (Wildman–Crippen MR) is 159 cm³/mol. The number of aliphatic hydroxyl groups excluding tert-OH is 1. The summed E-state index contributed by atoms with van der Waals surface area (Å²) in [4.78, 5) is 13.1. The second kappa shape index (κ2) is 15.1. The zero-order chi connectivity index (χ0) is 31.7. The Bertz CT molecular complexity index is 1570. The molecule has 0 spiro atoms. The van der Waals surface area contributed by atoms with Crippen LogP contribution < -0.4 is 10.0 Å². The number of carbonyl (C=O) groups is 1. The van der Waals surface area contributed by atoms with Crippen molar-refractivity contribution in [2.45, 2.75) is 39.6 Å². The highest BCUT2D eigenvalue weighted by Gasteiger charge is 2.48. The monoisotopic (exact) mass is 659 g/mol. The van der Waals surface area contributed by atoms with Crippen LogP contribution in [0.3, 0.4) is 0 Å². The van der Waals surface area contributed by atoms with E-state index in [0.717, 1.165) is 17.0 Å². The molecule has 0 aliphatic rings. The number of aliphatic hydroxyl groups is 1. The molecule has 1 atom stereocenters. The molecule has 0 heterocycles. The summed E-state index contributed by atoms with van der Waals surface area (Å²) in [5, 5.41) is 12.2. The average molecular weight is 660 g/mol. The summed E-state index contributed by atoms with van der Waals surface area (Å²) >= 11 is 1.41. The second-order valence-corrected chi connectivity index (χ2v) is 14.0. The SMILES string of the molecule is CCN(CCO)CC[C@H](CSc1ccccc1)Nc1ccc(S(=O)(=O)NC(=O)c2ccccc2)cc1S(=O)(=O)C(F)(F)F. The van der Waals surface area contributed by atoms with E-state index in [-0.39, 0.29) is 12.2 Å². The molecule has 0 unspecified atom stereocenters. The van der Waals surface area contributed by atoms with Crippen molar-refractivity contribution in [3.8, 4) is 0 Å². The number of hydrogen-bond donors (Lipinski definition) is 3. The maximum Gasteiger partial charge on any atom is 0.501 e. The molecule has 0 aliphatic heterocycles. The van der Waals surface area contributed by atoms with Crippen LogP contribution in [0.25, 0.3) is 0 Å². The highest BCUT2D eigenvalue weighted by atomic mass is 32.2. The van der Waals surface area contributed by atoms with Crippen LogP contribution in [0, 0.1) is 0 Å². The third kappa shape index (κ3) is 9.44. The second-order valence-electron chi connectivity index (χ2n) is 9.32. The highest BCUT2D eigenvalue weighted by Crippen LogP contribution is 2.36. The summed E-state index contributed by atoms with van der Waals surface area (Å²) < 4.78 is 94.3. The molecule has 3 aromatic rings. The highest BCUT2D eigenvalue weighted by molar-refractivity contribution is 7.99. The Morgan fingerprint density at radius 1 is 0.953 bits per heavy atom. The first-order chi connectivity index (χ1) is 20.3. The molecule has 3 aromatic carbocycles. The molecule has 234 valence electrons. The van der Waals surface area contributed by atoms with E-state index in [0.29, 0.717) is 37.9 Å². The first kappa shape index (κ1) is 34.4. The number of rotatable bonds is 15. The number of halogens is 3. The van der Waals surface area contributed by atoms with E-state index in [9.17, 15) is 39.9 Å². The zero-order valence-electron chi connectivity index (χ0n) is 23.1. The number of sulfonamides is 1. The Morgan fingerprint density at radius 2 is 1.58 bits per heavy atom. The molecule has 43 heavy (non-hydrogen) atoms. The molecule has 9 nitrogen and oxygen atoms in total. The van der Waals surface area contributed by atoms with Gasteiger partial charge in [0, 0.05) is 35.3 Å². The van der Waals surface area contributed by atoms with E-state index < -0.39 is 52.8 Å². The number of anilines is 1. The lowest BCUT2D eigenvalue weighted by atomic mass is 10.2. The fourth-order valence-electron chi connectivity index (χ4n) is 4.00. The Morgan fingerprint density at radius 3 is 2.16 bits per heavy atom. The summed E-state index contributed by atoms with van der Waals surface area (Å²) in [5.41, 5.74) is -6.18. The van der Waals surface area contributed by atoms with E-state index in [1.165, 1.54) is 36.0 Å². The fraction of sp³-hybridized carbons (Fsp3) is 0.321. The van der Waals surface area contributed by atoms with Gasteiger partial charge in [-0.25, -0.2) is 21.6 Å². The van der Waals surface area contributed by atoms with Crippen LogP contribution in [0.4, 0.5) is 18.9 Å². The van der Waals surface area contributed by atoms with Gasteiger partial charge in [-0.05, 0) is 55.4 Å². The van der Waals surface area contributed by atoms with Gasteiger partial charge in [-0.3, -0.25) is 4.79 Å². The van der Waals surface area contributed by atoms with Gasteiger partial charge in [-0.1, -0.05) is 43.3 Å². The first-order valence-electron chi connectivity index (χ1n) is 13.1. The summed E-state index contributed by atoms with van der Waals surface area (Å²) in [6.45, 7) is 3.23. The maximum atomic E-state index is 13.8. The molecule has 15 heteroatoms. The van der Waals surface area contributed by atoms with E-state index >= 15 is 0 Å². The van der Waals surface area contributed by atoms with Crippen LogP contribution >= 0.6 is 11.8 Å². The first-order valence-corrected chi connectivity index (χ1v) is 17.1. The van der Waals surface area contributed by atoms with Crippen LogP contribution in [-0.2, 0) is 19.9 Å². The van der Waals surface area contributed by atoms with Crippen LogP contribution in [0.2, 0.25) is 0 Å². The molecular weight excluding hydrogens is 628 g/mol. The number of carbonyl (C=O) groups excluding carboxylic acids is 1. The third-order valence-electron chi connectivity index (χ3n) is 6.33. The summed E-state index contributed by atoms with van der Waals surface area (Å²) in [6, 6.07) is 18.2. The number of hydrogen-bond acceptors (Lipinski definition) is 9. The minimum Gasteiger partial charge on any atom is -0.395 e. The molecule has 0 saturated heterocycles. The smallest absolute Gasteiger partial charge is 0.395 e. The molecule has 0 aliphatic carbocycles. The Balaban J connectivity index is 1.98. The minimum absolute atomic E-state index is 0.0198. The van der Waals surface area contributed by atoms with Gasteiger partial charge in [0.1, 0.15) is 4.90 Å². The van der Waals surface area contributed by atoms with Crippen molar-refractivity contribution in [1.82, 2.24) is 9.62 Å². The number of sulfone groups is 1. The minimum atomic E-state index is -6.02. The fourth-order valence-corrected chi connectivity index (χ4v) is 7.02. The van der Waals surface area contributed by atoms with Gasteiger partial charge in [0.2, 0.25) is 0 Å². The number of thioether (sulfide) groups is 1. The molecule has 3 rings (SSSR count). The van der Waals surface area contributed by atoms with E-state index in [1.807, 2.05) is 42.2 Å². The molecule has 0 fully saturated rings. The van der Waals surface area contributed by atoms with Gasteiger partial charge < -0.3 is 15.3 Å². The normalized spacial score (nSPS) is 13.1. The Labute approximate surface area is 253 Å². The van der Waals surface area contributed by atoms with Gasteiger partial charge in [0.05, 0.1) is 17.2 Å². The van der Waals surface area contributed by atoms with E-state index in [1.54, 1.807) is 10.8 Å². The molecule has 0 aromatic heterocycles. The number of nitrogens with zero attached hydrogens (tertiary/aromatic N) is 1. The topological polar surface area (TPSA) is 133 Å². The van der Waals surface area contributed by atoms with Crippen LogP contribution in [0.1, 0.15) is 23.7 Å². The van der Waals surface area contributed by atoms with Crippen molar-refractivity contribution in [3.63, 3.8) is 0 Å². The van der Waals surface area contributed by atoms with E-state index in [4.69, 9.17) is 0 Å². The van der Waals surface area contributed by atoms with Crippen LogP contribution in [-0.4, -0.2) is 76.3 Å². The van der Waals surface area contributed by atoms with Gasteiger partial charge in [0.15, 0.2) is 0 Å². The standard InChI is InChI=1S/C28H32F3N3O6S3/c1-2-34(17-18-35)16-15-22(20-41-23-11-7-4-8-12-23)32-25-14-13-24(19-26(25)42(37,38)28(29,30)31)43(39,40)33-27(36)21-9-5-3-6-10-21/h3-14,19,22,32,35H,2,15-18,20H2,1H3,(H,33,36)/t22-/m1/s1. The van der Waals surface area contributed by atoms with Crippen molar-refractivity contribution < 1.29 is 39.9 Å². The Hall–Kier alpha value is -3.11. The largest absolute Gasteiger partial charge is 0.501 e. The van der Waals surface area contributed by atoms with Crippen molar-refractivity contribution in [3.05, 3.63) is 84.4 Å². The zero-order valence-corrected chi connectivity index (χ0v) is 25.6. The predicted octanol–water partition coefficient (Wildman–Crippen LogP) is 4.38. The molecule has 1 amide bonds. The van der Waals surface area contributed by atoms with Crippen molar-refractivity contribution >= 4 is 43.2 Å². The van der Waals surface area contributed by atoms with Gasteiger partial charge in [0.25, 0.3) is 25.8 Å². The molecular formula is C28H32F3N3O6S3. The van der Waals surface area contributed by atoms with Crippen molar-refractivity contribution in [2.75, 3.05) is 37.3 Å². The summed E-state index contributed by atoms with van der Waals surface area (Å²) in [6.07, 6.45) is 0.367. The number of alkyl halides is 3. The summed E-state index contributed by atoms with van der Waals surface area (Å²) in [5.74, 6) is -0.705. The number of amides is 1. The Kier molecular flexibility index (Phi) is 12.0. The molecule has 0 bridgehead atoms. The van der Waals surface area contributed by atoms with Gasteiger partial charge >= 0.3 is 5.51 Å². The number of nitrogens with one attached hydrogen (secondary N) is 2. The molecule has 3 N–H and O–H groups in total. The third-order valence-corrected chi connectivity index (χ3v) is 10.4. The number of likely N-dealkylation sites (N-methyl/N-ethyl adjacent to an activating group) is 1. The van der Waals surface area contributed by atoms with Crippen molar-refractivity contribution in [1.29, 1.82) is 0 Å². The summed E-state index contributed by atoms with van der Waals surface area (Å²) in [7, 11) is -10.8. The quantitative estimate of drug-likeness (QED) is 0.204. The van der Waals surface area contributed by atoms with Crippen LogP contribution in [0.15, 0.2) is 93.5 Å². The van der Waals surface area contributed by atoms with E-state index in [2.05, 4.69) is 5.32 Å². The lowest BCUT2D eigenvalue weighted by molar-refractivity contribution is -0.0435. The van der Waals surface area contributed by atoms with Gasteiger partial charge in [-0.2, -0.15) is 13.2 Å². The lowest BCUT2D eigenvalue weighted by Crippen LogP contribution is -2.34. The van der Waals surface area contributed by atoms with Gasteiger partial charge in [-0.15, -0.1) is 11.8 Å².